The standard InChI is InChI=1S/C14H19NO2/c1-11(13-5-3-2-4-6-13)17-14(16)9-12-7-8-15-10-12/h2-6,11-12,15H,7-10H2,1H3/t11-,12?/m1/s1. The fraction of sp³-hybridized carbons (Fsp3) is 0.500. The molecule has 3 heteroatoms. The summed E-state index contributed by atoms with van der Waals surface area (Å²) in [4.78, 5) is 11.7. The summed E-state index contributed by atoms with van der Waals surface area (Å²) in [5.74, 6) is 0.362. The Labute approximate surface area is 102 Å². The molecule has 92 valence electrons. The van der Waals surface area contributed by atoms with Crippen molar-refractivity contribution in [1.82, 2.24) is 5.32 Å². The van der Waals surface area contributed by atoms with Gasteiger partial charge < -0.3 is 10.1 Å². The fourth-order valence-electron chi connectivity index (χ4n) is 2.16. The summed E-state index contributed by atoms with van der Waals surface area (Å²) in [6.07, 6.45) is 1.46. The van der Waals surface area contributed by atoms with E-state index in [2.05, 4.69) is 5.32 Å². The van der Waals surface area contributed by atoms with Crippen LogP contribution in [-0.4, -0.2) is 19.1 Å². The Morgan fingerprint density at radius 2 is 2.24 bits per heavy atom. The largest absolute Gasteiger partial charge is 0.458 e. The maximum Gasteiger partial charge on any atom is 0.306 e. The molecule has 0 bridgehead atoms. The average molecular weight is 233 g/mol. The fourth-order valence-corrected chi connectivity index (χ4v) is 2.16. The number of benzene rings is 1. The van der Waals surface area contributed by atoms with E-state index >= 15 is 0 Å². The van der Waals surface area contributed by atoms with Gasteiger partial charge in [-0.05, 0) is 37.9 Å². The molecule has 0 amide bonds. The van der Waals surface area contributed by atoms with Gasteiger partial charge in [-0.25, -0.2) is 0 Å². The SMILES string of the molecule is C[C@@H](OC(=O)CC1CCNC1)c1ccccc1. The molecular weight excluding hydrogens is 214 g/mol. The Bertz CT molecular complexity index is 358. The predicted octanol–water partition coefficient (Wildman–Crippen LogP) is 2.29. The molecule has 1 aromatic rings. The van der Waals surface area contributed by atoms with Crippen molar-refractivity contribution < 1.29 is 9.53 Å². The van der Waals surface area contributed by atoms with Crippen LogP contribution in [-0.2, 0) is 9.53 Å². The highest BCUT2D eigenvalue weighted by atomic mass is 16.5. The van der Waals surface area contributed by atoms with E-state index in [0.717, 1.165) is 25.1 Å². The van der Waals surface area contributed by atoms with Gasteiger partial charge >= 0.3 is 5.97 Å². The lowest BCUT2D eigenvalue weighted by Gasteiger charge is -2.15. The zero-order valence-corrected chi connectivity index (χ0v) is 10.2. The van der Waals surface area contributed by atoms with Crippen LogP contribution in [0.25, 0.3) is 0 Å². The molecule has 1 aliphatic rings. The lowest BCUT2D eigenvalue weighted by Crippen LogP contribution is -2.16. The lowest BCUT2D eigenvalue weighted by molar-refractivity contribution is -0.149. The molecule has 1 fully saturated rings. The summed E-state index contributed by atoms with van der Waals surface area (Å²) < 4.78 is 5.43. The van der Waals surface area contributed by atoms with E-state index in [1.807, 2.05) is 37.3 Å². The van der Waals surface area contributed by atoms with Crippen LogP contribution in [0.5, 0.6) is 0 Å². The second-order valence-electron chi connectivity index (χ2n) is 4.61. The Hall–Kier alpha value is -1.35. The van der Waals surface area contributed by atoms with E-state index in [-0.39, 0.29) is 12.1 Å². The first kappa shape index (κ1) is 12.1. The van der Waals surface area contributed by atoms with Crippen molar-refractivity contribution in [3.8, 4) is 0 Å². The number of nitrogens with one attached hydrogen (secondary N) is 1. The molecule has 1 N–H and O–H groups in total. The molecule has 17 heavy (non-hydrogen) atoms. The molecule has 0 saturated carbocycles. The van der Waals surface area contributed by atoms with Crippen LogP contribution >= 0.6 is 0 Å². The number of hydrogen-bond acceptors (Lipinski definition) is 3. The third-order valence-electron chi connectivity index (χ3n) is 3.19. The second kappa shape index (κ2) is 5.82. The van der Waals surface area contributed by atoms with Crippen molar-refractivity contribution in [2.75, 3.05) is 13.1 Å². The summed E-state index contributed by atoms with van der Waals surface area (Å²) in [6, 6.07) is 9.84. The molecule has 3 nitrogen and oxygen atoms in total. The summed E-state index contributed by atoms with van der Waals surface area (Å²) in [7, 11) is 0. The van der Waals surface area contributed by atoms with Crippen molar-refractivity contribution in [1.29, 1.82) is 0 Å². The predicted molar refractivity (Wildman–Crippen MR) is 66.5 cm³/mol. The van der Waals surface area contributed by atoms with Gasteiger partial charge in [-0.2, -0.15) is 0 Å². The number of carbonyl (C=O) groups excluding carboxylic acids is 1. The highest BCUT2D eigenvalue weighted by molar-refractivity contribution is 5.70. The maximum atomic E-state index is 11.7. The molecule has 1 saturated heterocycles. The molecule has 0 aromatic heterocycles. The molecule has 0 aliphatic carbocycles. The van der Waals surface area contributed by atoms with Gasteiger partial charge in [-0.1, -0.05) is 30.3 Å². The number of ether oxygens (including phenoxy) is 1. The number of hydrogen-bond donors (Lipinski definition) is 1. The minimum atomic E-state index is -0.155. The van der Waals surface area contributed by atoms with E-state index < -0.39 is 0 Å². The van der Waals surface area contributed by atoms with Crippen LogP contribution < -0.4 is 5.32 Å². The molecule has 1 heterocycles. The topological polar surface area (TPSA) is 38.3 Å². The van der Waals surface area contributed by atoms with Crippen LogP contribution in [0.15, 0.2) is 30.3 Å². The number of carbonyl (C=O) groups is 1. The smallest absolute Gasteiger partial charge is 0.306 e. The first-order valence-corrected chi connectivity index (χ1v) is 6.21. The monoisotopic (exact) mass is 233 g/mol. The van der Waals surface area contributed by atoms with Gasteiger partial charge in [0.15, 0.2) is 0 Å². The van der Waals surface area contributed by atoms with Gasteiger partial charge in [-0.15, -0.1) is 0 Å². The normalized spacial score (nSPS) is 21.1. The van der Waals surface area contributed by atoms with Gasteiger partial charge in [0.1, 0.15) is 6.10 Å². The molecular formula is C14H19NO2. The Morgan fingerprint density at radius 3 is 2.88 bits per heavy atom. The zero-order chi connectivity index (χ0) is 12.1. The van der Waals surface area contributed by atoms with E-state index in [4.69, 9.17) is 4.74 Å². The third kappa shape index (κ3) is 3.56. The van der Waals surface area contributed by atoms with E-state index in [1.54, 1.807) is 0 Å². The summed E-state index contributed by atoms with van der Waals surface area (Å²) in [5, 5.41) is 3.25. The zero-order valence-electron chi connectivity index (χ0n) is 10.2. The molecule has 2 rings (SSSR count). The van der Waals surface area contributed by atoms with Gasteiger partial charge in [0.2, 0.25) is 0 Å². The van der Waals surface area contributed by atoms with Gasteiger partial charge in [0.25, 0.3) is 0 Å². The van der Waals surface area contributed by atoms with E-state index in [0.29, 0.717) is 12.3 Å². The molecule has 1 aliphatic heterocycles. The van der Waals surface area contributed by atoms with Crippen LogP contribution in [0.3, 0.4) is 0 Å². The highest BCUT2D eigenvalue weighted by Crippen LogP contribution is 2.19. The van der Waals surface area contributed by atoms with Gasteiger partial charge in [0, 0.05) is 6.42 Å². The molecule has 1 aromatic carbocycles. The second-order valence-corrected chi connectivity index (χ2v) is 4.61. The highest BCUT2D eigenvalue weighted by Gasteiger charge is 2.20. The maximum absolute atomic E-state index is 11.7. The van der Waals surface area contributed by atoms with Crippen molar-refractivity contribution in [2.24, 2.45) is 5.92 Å². The van der Waals surface area contributed by atoms with Crippen molar-refractivity contribution >= 4 is 5.97 Å². The molecule has 2 atom stereocenters. The molecule has 1 unspecified atom stereocenters. The number of esters is 1. The Kier molecular flexibility index (Phi) is 4.15. The summed E-state index contributed by atoms with van der Waals surface area (Å²) in [5.41, 5.74) is 1.05. The minimum Gasteiger partial charge on any atom is -0.458 e. The van der Waals surface area contributed by atoms with Gasteiger partial charge in [0.05, 0.1) is 0 Å². The molecule has 0 radical (unpaired) electrons. The van der Waals surface area contributed by atoms with Crippen molar-refractivity contribution in [2.45, 2.75) is 25.9 Å². The van der Waals surface area contributed by atoms with Crippen molar-refractivity contribution in [3.63, 3.8) is 0 Å². The van der Waals surface area contributed by atoms with Crippen molar-refractivity contribution in [3.05, 3.63) is 35.9 Å². The Morgan fingerprint density at radius 1 is 1.47 bits per heavy atom. The molecule has 0 spiro atoms. The Balaban J connectivity index is 1.81. The average Bonchev–Trinajstić information content (AvgIpc) is 2.82. The van der Waals surface area contributed by atoms with Crippen LogP contribution in [0.1, 0.15) is 31.4 Å². The summed E-state index contributed by atoms with van der Waals surface area (Å²) >= 11 is 0. The first-order chi connectivity index (χ1) is 8.25. The van der Waals surface area contributed by atoms with Crippen LogP contribution in [0, 0.1) is 5.92 Å². The van der Waals surface area contributed by atoms with Crippen LogP contribution in [0.2, 0.25) is 0 Å². The quantitative estimate of drug-likeness (QED) is 0.811. The lowest BCUT2D eigenvalue weighted by atomic mass is 10.1. The van der Waals surface area contributed by atoms with E-state index in [9.17, 15) is 4.79 Å². The summed E-state index contributed by atoms with van der Waals surface area (Å²) in [6.45, 7) is 3.88. The first-order valence-electron chi connectivity index (χ1n) is 6.21. The third-order valence-corrected chi connectivity index (χ3v) is 3.19. The van der Waals surface area contributed by atoms with Crippen LogP contribution in [0.4, 0.5) is 0 Å². The van der Waals surface area contributed by atoms with Gasteiger partial charge in [-0.3, -0.25) is 4.79 Å². The number of rotatable bonds is 4. The van der Waals surface area contributed by atoms with E-state index in [1.165, 1.54) is 0 Å². The minimum absolute atomic E-state index is 0.0879.